The molecule has 0 aromatic carbocycles. The van der Waals surface area contributed by atoms with Gasteiger partial charge >= 0.3 is 0 Å². The second-order valence-corrected chi connectivity index (χ2v) is 4.32. The molecular formula is C11H18N4O4. The van der Waals surface area contributed by atoms with E-state index in [0.29, 0.717) is 13.0 Å². The molecule has 0 unspecified atom stereocenters. The average Bonchev–Trinajstić information content (AvgIpc) is 2.72. The van der Waals surface area contributed by atoms with Crippen molar-refractivity contribution in [2.45, 2.75) is 25.3 Å². The zero-order chi connectivity index (χ0) is 14.4. The summed E-state index contributed by atoms with van der Waals surface area (Å²) in [6.45, 7) is 0.428. The van der Waals surface area contributed by atoms with E-state index in [9.17, 15) is 19.2 Å². The van der Waals surface area contributed by atoms with Crippen molar-refractivity contribution in [1.29, 1.82) is 0 Å². The van der Waals surface area contributed by atoms with Gasteiger partial charge in [0.1, 0.15) is 6.04 Å². The Kier molecular flexibility index (Phi) is 5.28. The molecule has 1 aliphatic heterocycles. The van der Waals surface area contributed by atoms with Crippen molar-refractivity contribution < 1.29 is 19.2 Å². The number of likely N-dealkylation sites (tertiary alicyclic amines) is 1. The van der Waals surface area contributed by atoms with E-state index in [1.807, 2.05) is 0 Å². The van der Waals surface area contributed by atoms with E-state index in [0.717, 1.165) is 6.42 Å². The van der Waals surface area contributed by atoms with Gasteiger partial charge in [0, 0.05) is 20.0 Å². The smallest absolute Gasteiger partial charge is 0.242 e. The fraction of sp³-hybridized carbons (Fsp3) is 0.636. The number of nitrogens with two attached hydrogens (primary N) is 1. The molecule has 1 aliphatic rings. The quantitative estimate of drug-likeness (QED) is 0.503. The number of hydrogen-bond acceptors (Lipinski definition) is 4. The molecule has 0 saturated carbocycles. The molecule has 0 bridgehead atoms. The largest absolute Gasteiger partial charge is 0.370 e. The van der Waals surface area contributed by atoms with Gasteiger partial charge in [0.15, 0.2) is 0 Å². The maximum atomic E-state index is 11.7. The number of hydrogen-bond donors (Lipinski definition) is 3. The van der Waals surface area contributed by atoms with Gasteiger partial charge in [-0.05, 0) is 6.42 Å². The highest BCUT2D eigenvalue weighted by Gasteiger charge is 2.26. The summed E-state index contributed by atoms with van der Waals surface area (Å²) in [4.78, 5) is 46.8. The number of rotatable bonds is 6. The maximum absolute atomic E-state index is 11.7. The molecule has 1 fully saturated rings. The van der Waals surface area contributed by atoms with Crippen LogP contribution in [0.2, 0.25) is 0 Å². The molecule has 0 spiro atoms. The van der Waals surface area contributed by atoms with E-state index < -0.39 is 23.8 Å². The van der Waals surface area contributed by atoms with Crippen LogP contribution in [0.3, 0.4) is 0 Å². The van der Waals surface area contributed by atoms with Crippen molar-refractivity contribution in [3.8, 4) is 0 Å². The van der Waals surface area contributed by atoms with Gasteiger partial charge in [-0.15, -0.1) is 0 Å². The number of carbonyl (C=O) groups is 4. The molecule has 8 nitrogen and oxygen atoms in total. The topological polar surface area (TPSA) is 122 Å². The number of amides is 4. The normalized spacial score (nSPS) is 16.1. The lowest BCUT2D eigenvalue weighted by atomic mass is 10.2. The van der Waals surface area contributed by atoms with Gasteiger partial charge < -0.3 is 21.3 Å². The van der Waals surface area contributed by atoms with Crippen molar-refractivity contribution in [3.05, 3.63) is 0 Å². The van der Waals surface area contributed by atoms with Crippen LogP contribution in [0.15, 0.2) is 0 Å². The van der Waals surface area contributed by atoms with E-state index >= 15 is 0 Å². The van der Waals surface area contributed by atoms with Crippen LogP contribution in [-0.2, 0) is 19.2 Å². The van der Waals surface area contributed by atoms with Crippen molar-refractivity contribution in [1.82, 2.24) is 15.5 Å². The van der Waals surface area contributed by atoms with Gasteiger partial charge in [0.2, 0.25) is 23.6 Å². The Bertz CT molecular complexity index is 396. The molecule has 4 amide bonds. The molecule has 19 heavy (non-hydrogen) atoms. The molecule has 4 N–H and O–H groups in total. The first-order valence-electron chi connectivity index (χ1n) is 6.01. The van der Waals surface area contributed by atoms with Gasteiger partial charge in [-0.1, -0.05) is 0 Å². The summed E-state index contributed by atoms with van der Waals surface area (Å²) < 4.78 is 0. The minimum absolute atomic E-state index is 0.0819. The lowest BCUT2D eigenvalue weighted by Crippen LogP contribution is -2.50. The van der Waals surface area contributed by atoms with Gasteiger partial charge in [0.05, 0.1) is 13.0 Å². The molecule has 1 heterocycles. The summed E-state index contributed by atoms with van der Waals surface area (Å²) in [6, 6.07) is -1.01. The maximum Gasteiger partial charge on any atom is 0.242 e. The number of nitrogens with zero attached hydrogens (tertiary/aromatic N) is 1. The van der Waals surface area contributed by atoms with Crippen molar-refractivity contribution in [2.24, 2.45) is 5.73 Å². The Morgan fingerprint density at radius 3 is 2.58 bits per heavy atom. The van der Waals surface area contributed by atoms with Crippen LogP contribution in [0.1, 0.15) is 19.3 Å². The van der Waals surface area contributed by atoms with Gasteiger partial charge in [-0.25, -0.2) is 0 Å². The summed E-state index contributed by atoms with van der Waals surface area (Å²) in [5.41, 5.74) is 5.01. The predicted molar refractivity (Wildman–Crippen MR) is 65.6 cm³/mol. The summed E-state index contributed by atoms with van der Waals surface area (Å²) in [5, 5.41) is 4.74. The van der Waals surface area contributed by atoms with Gasteiger partial charge in [0.25, 0.3) is 0 Å². The SMILES string of the molecule is CNC(=O)[C@H](CC(N)=O)NC(=O)CN1CCCC1=O. The lowest BCUT2D eigenvalue weighted by molar-refractivity contribution is -0.135. The Hall–Kier alpha value is -2.12. The van der Waals surface area contributed by atoms with Crippen LogP contribution in [0, 0.1) is 0 Å². The highest BCUT2D eigenvalue weighted by Crippen LogP contribution is 2.08. The third-order valence-corrected chi connectivity index (χ3v) is 2.81. The lowest BCUT2D eigenvalue weighted by Gasteiger charge is -2.19. The van der Waals surface area contributed by atoms with Crippen LogP contribution >= 0.6 is 0 Å². The molecule has 0 aromatic heterocycles. The molecule has 0 radical (unpaired) electrons. The molecule has 1 atom stereocenters. The molecular weight excluding hydrogens is 252 g/mol. The zero-order valence-corrected chi connectivity index (χ0v) is 10.8. The van der Waals surface area contributed by atoms with E-state index in [2.05, 4.69) is 10.6 Å². The second-order valence-electron chi connectivity index (χ2n) is 4.32. The van der Waals surface area contributed by atoms with Gasteiger partial charge in [-0.3, -0.25) is 19.2 Å². The Morgan fingerprint density at radius 1 is 1.42 bits per heavy atom. The summed E-state index contributed by atoms with van der Waals surface area (Å²) in [6.07, 6.45) is 0.888. The first kappa shape index (κ1) is 14.9. The second kappa shape index (κ2) is 6.72. The summed E-state index contributed by atoms with van der Waals surface area (Å²) in [5.74, 6) is -1.75. The van der Waals surface area contributed by atoms with E-state index in [1.165, 1.54) is 11.9 Å². The molecule has 1 rings (SSSR count). The van der Waals surface area contributed by atoms with Crippen molar-refractivity contribution >= 4 is 23.6 Å². The third-order valence-electron chi connectivity index (χ3n) is 2.81. The van der Waals surface area contributed by atoms with E-state index in [-0.39, 0.29) is 18.9 Å². The van der Waals surface area contributed by atoms with Crippen molar-refractivity contribution in [3.63, 3.8) is 0 Å². The molecule has 0 aliphatic carbocycles. The highest BCUT2D eigenvalue weighted by atomic mass is 16.2. The molecule has 0 aromatic rings. The zero-order valence-electron chi connectivity index (χ0n) is 10.8. The standard InChI is InChI=1S/C11H18N4O4/c1-13-11(19)7(5-8(12)16)14-9(17)6-15-4-2-3-10(15)18/h7H,2-6H2,1H3,(H2,12,16)(H,13,19)(H,14,17)/t7-/m0/s1. The number of primary amides is 1. The number of carbonyl (C=O) groups excluding carboxylic acids is 4. The fourth-order valence-electron chi connectivity index (χ4n) is 1.87. The van der Waals surface area contributed by atoms with Crippen LogP contribution in [0.25, 0.3) is 0 Å². The molecule has 8 heteroatoms. The summed E-state index contributed by atoms with van der Waals surface area (Å²) in [7, 11) is 1.40. The highest BCUT2D eigenvalue weighted by molar-refractivity contribution is 5.93. The van der Waals surface area contributed by atoms with Crippen LogP contribution < -0.4 is 16.4 Å². The van der Waals surface area contributed by atoms with E-state index in [4.69, 9.17) is 5.73 Å². The predicted octanol–water partition coefficient (Wildman–Crippen LogP) is -2.28. The fourth-order valence-corrected chi connectivity index (χ4v) is 1.87. The van der Waals surface area contributed by atoms with Crippen molar-refractivity contribution in [2.75, 3.05) is 20.1 Å². The first-order valence-corrected chi connectivity index (χ1v) is 6.01. The Labute approximate surface area is 110 Å². The Morgan fingerprint density at radius 2 is 2.11 bits per heavy atom. The Balaban J connectivity index is 2.52. The van der Waals surface area contributed by atoms with E-state index in [1.54, 1.807) is 0 Å². The molecule has 106 valence electrons. The van der Waals surface area contributed by atoms with Crippen LogP contribution in [-0.4, -0.2) is 54.7 Å². The van der Waals surface area contributed by atoms with Crippen LogP contribution in [0.5, 0.6) is 0 Å². The minimum Gasteiger partial charge on any atom is -0.370 e. The summed E-state index contributed by atoms with van der Waals surface area (Å²) >= 11 is 0. The first-order chi connectivity index (χ1) is 8.93. The minimum atomic E-state index is -1.01. The number of likely N-dealkylation sites (N-methyl/N-ethyl adjacent to an activating group) is 1. The van der Waals surface area contributed by atoms with Crippen LogP contribution in [0.4, 0.5) is 0 Å². The number of nitrogens with one attached hydrogen (secondary N) is 2. The molecule has 1 saturated heterocycles. The monoisotopic (exact) mass is 270 g/mol. The third kappa shape index (κ3) is 4.57. The average molecular weight is 270 g/mol. The van der Waals surface area contributed by atoms with Gasteiger partial charge in [-0.2, -0.15) is 0 Å².